The van der Waals surface area contributed by atoms with Crippen LogP contribution in [-0.2, 0) is 4.79 Å². The second kappa shape index (κ2) is 7.76. The van der Waals surface area contributed by atoms with E-state index < -0.39 is 0 Å². The molecular formula is C18H25N5O2. The van der Waals surface area contributed by atoms with E-state index in [-0.39, 0.29) is 11.9 Å². The first-order valence-corrected chi connectivity index (χ1v) is 8.64. The monoisotopic (exact) mass is 343 g/mol. The summed E-state index contributed by atoms with van der Waals surface area (Å²) in [5.41, 5.74) is 2.17. The Hall–Kier alpha value is -2.25. The van der Waals surface area contributed by atoms with Crippen LogP contribution in [0, 0.1) is 6.92 Å². The Kier molecular flexibility index (Phi) is 5.45. The lowest BCUT2D eigenvalue weighted by molar-refractivity contribution is -0.122. The quantitative estimate of drug-likeness (QED) is 0.886. The second-order valence-electron chi connectivity index (χ2n) is 6.48. The zero-order chi connectivity index (χ0) is 17.8. The number of aryl methyl sites for hydroxylation is 1. The molecule has 0 aliphatic carbocycles. The van der Waals surface area contributed by atoms with Gasteiger partial charge in [-0.15, -0.1) is 0 Å². The molecular weight excluding hydrogens is 318 g/mol. The van der Waals surface area contributed by atoms with Gasteiger partial charge in [0.05, 0.1) is 12.6 Å². The van der Waals surface area contributed by atoms with Crippen molar-refractivity contribution in [2.45, 2.75) is 19.9 Å². The number of hydrogen-bond acceptors (Lipinski definition) is 6. The fourth-order valence-corrected chi connectivity index (χ4v) is 2.97. The third kappa shape index (κ3) is 4.24. The summed E-state index contributed by atoms with van der Waals surface area (Å²) >= 11 is 0. The molecule has 1 aliphatic rings. The van der Waals surface area contributed by atoms with Gasteiger partial charge in [0.25, 0.3) is 0 Å². The molecule has 2 aromatic rings. The largest absolute Gasteiger partial charge is 0.358 e. The number of carbonyl (C=O) groups is 1. The predicted molar refractivity (Wildman–Crippen MR) is 95.0 cm³/mol. The van der Waals surface area contributed by atoms with E-state index in [0.29, 0.717) is 18.3 Å². The van der Waals surface area contributed by atoms with Crippen molar-refractivity contribution in [3.63, 3.8) is 0 Å². The minimum absolute atomic E-state index is 0.0566. The molecule has 0 saturated carbocycles. The van der Waals surface area contributed by atoms with Crippen molar-refractivity contribution in [3.8, 4) is 11.4 Å². The van der Waals surface area contributed by atoms with Gasteiger partial charge in [0, 0.05) is 38.8 Å². The van der Waals surface area contributed by atoms with Crippen LogP contribution in [-0.4, -0.2) is 65.6 Å². The normalized spacial score (nSPS) is 17.4. The molecule has 134 valence electrons. The minimum Gasteiger partial charge on any atom is -0.358 e. The topological polar surface area (TPSA) is 74.5 Å². The summed E-state index contributed by atoms with van der Waals surface area (Å²) in [6.07, 6.45) is 0. The van der Waals surface area contributed by atoms with Gasteiger partial charge in [0.15, 0.2) is 0 Å². The highest BCUT2D eigenvalue weighted by Gasteiger charge is 2.26. The number of piperazine rings is 1. The third-order valence-electron chi connectivity index (χ3n) is 4.71. The van der Waals surface area contributed by atoms with Crippen molar-refractivity contribution in [2.24, 2.45) is 0 Å². The number of carbonyl (C=O) groups excluding carboxylic acids is 1. The summed E-state index contributed by atoms with van der Waals surface area (Å²) in [6.45, 7) is 8.06. The van der Waals surface area contributed by atoms with Crippen molar-refractivity contribution in [2.75, 3.05) is 39.8 Å². The van der Waals surface area contributed by atoms with E-state index >= 15 is 0 Å². The molecule has 7 heteroatoms. The molecule has 1 fully saturated rings. The Labute approximate surface area is 148 Å². The predicted octanol–water partition coefficient (Wildman–Crippen LogP) is 1.47. The number of hydrogen-bond donors (Lipinski definition) is 1. The van der Waals surface area contributed by atoms with E-state index in [1.54, 1.807) is 7.05 Å². The zero-order valence-electron chi connectivity index (χ0n) is 15.0. The standard InChI is InChI=1S/C18H25N5O2/c1-13-4-6-15(7-5-13)17-20-18(25-21-17)14(2)23-10-8-22(9-11-23)12-16(24)19-3/h4-7,14H,8-12H2,1-3H3,(H,19,24)/t14-/m0/s1. The van der Waals surface area contributed by atoms with Gasteiger partial charge in [-0.1, -0.05) is 35.0 Å². The Morgan fingerprint density at radius 1 is 1.24 bits per heavy atom. The van der Waals surface area contributed by atoms with Crippen molar-refractivity contribution in [1.29, 1.82) is 0 Å². The van der Waals surface area contributed by atoms with Crippen LogP contribution in [0.3, 0.4) is 0 Å². The van der Waals surface area contributed by atoms with Gasteiger partial charge in [0.1, 0.15) is 0 Å². The van der Waals surface area contributed by atoms with Gasteiger partial charge < -0.3 is 9.84 Å². The van der Waals surface area contributed by atoms with Crippen LogP contribution in [0.15, 0.2) is 28.8 Å². The molecule has 1 saturated heterocycles. The maximum Gasteiger partial charge on any atom is 0.244 e. The second-order valence-corrected chi connectivity index (χ2v) is 6.48. The lowest BCUT2D eigenvalue weighted by atomic mass is 10.1. The molecule has 0 unspecified atom stereocenters. The van der Waals surface area contributed by atoms with Crippen LogP contribution in [0.1, 0.15) is 24.4 Å². The zero-order valence-corrected chi connectivity index (χ0v) is 15.0. The average molecular weight is 343 g/mol. The van der Waals surface area contributed by atoms with Crippen LogP contribution in [0.2, 0.25) is 0 Å². The first-order valence-electron chi connectivity index (χ1n) is 8.64. The molecule has 0 radical (unpaired) electrons. The smallest absolute Gasteiger partial charge is 0.244 e. The first kappa shape index (κ1) is 17.6. The maximum atomic E-state index is 11.5. The van der Waals surface area contributed by atoms with E-state index in [2.05, 4.69) is 39.1 Å². The van der Waals surface area contributed by atoms with Gasteiger partial charge in [0.2, 0.25) is 17.6 Å². The van der Waals surface area contributed by atoms with Gasteiger partial charge in [-0.2, -0.15) is 4.98 Å². The lowest BCUT2D eigenvalue weighted by Crippen LogP contribution is -2.49. The average Bonchev–Trinajstić information content (AvgIpc) is 3.12. The summed E-state index contributed by atoms with van der Waals surface area (Å²) < 4.78 is 5.49. The molecule has 7 nitrogen and oxygen atoms in total. The summed E-state index contributed by atoms with van der Waals surface area (Å²) in [4.78, 5) is 20.5. The summed E-state index contributed by atoms with van der Waals surface area (Å²) in [5.74, 6) is 1.32. The third-order valence-corrected chi connectivity index (χ3v) is 4.71. The molecule has 3 rings (SSSR count). The van der Waals surface area contributed by atoms with Crippen molar-refractivity contribution in [1.82, 2.24) is 25.3 Å². The maximum absolute atomic E-state index is 11.5. The van der Waals surface area contributed by atoms with Crippen LogP contribution in [0.5, 0.6) is 0 Å². The van der Waals surface area contributed by atoms with E-state index in [9.17, 15) is 4.79 Å². The number of amides is 1. The van der Waals surface area contributed by atoms with Crippen LogP contribution >= 0.6 is 0 Å². The Morgan fingerprint density at radius 2 is 1.92 bits per heavy atom. The fourth-order valence-electron chi connectivity index (χ4n) is 2.97. The number of nitrogens with one attached hydrogen (secondary N) is 1. The van der Waals surface area contributed by atoms with Gasteiger partial charge in [-0.25, -0.2) is 0 Å². The Balaban J connectivity index is 1.60. The van der Waals surface area contributed by atoms with Crippen molar-refractivity contribution in [3.05, 3.63) is 35.7 Å². The molecule has 1 atom stereocenters. The SMILES string of the molecule is CNC(=O)CN1CCN([C@@H](C)c2nc(-c3ccc(C)cc3)no2)CC1. The molecule has 1 aromatic carbocycles. The number of nitrogens with zero attached hydrogens (tertiary/aromatic N) is 4. The van der Waals surface area contributed by atoms with Gasteiger partial charge >= 0.3 is 0 Å². The molecule has 0 bridgehead atoms. The molecule has 1 aromatic heterocycles. The summed E-state index contributed by atoms with van der Waals surface area (Å²) in [5, 5.41) is 6.79. The van der Waals surface area contributed by atoms with Crippen LogP contribution in [0.25, 0.3) is 11.4 Å². The van der Waals surface area contributed by atoms with E-state index in [0.717, 1.165) is 31.7 Å². The Morgan fingerprint density at radius 3 is 2.56 bits per heavy atom. The summed E-state index contributed by atoms with van der Waals surface area (Å²) in [7, 11) is 1.67. The highest BCUT2D eigenvalue weighted by Crippen LogP contribution is 2.23. The molecule has 1 aliphatic heterocycles. The fraction of sp³-hybridized carbons (Fsp3) is 0.500. The van der Waals surface area contributed by atoms with E-state index in [4.69, 9.17) is 4.52 Å². The Bertz CT molecular complexity index is 705. The number of aromatic nitrogens is 2. The van der Waals surface area contributed by atoms with Crippen molar-refractivity contribution >= 4 is 5.91 Å². The highest BCUT2D eigenvalue weighted by atomic mass is 16.5. The van der Waals surface area contributed by atoms with Gasteiger partial charge in [-0.3, -0.25) is 14.6 Å². The van der Waals surface area contributed by atoms with E-state index in [1.807, 2.05) is 24.3 Å². The molecule has 1 N–H and O–H groups in total. The van der Waals surface area contributed by atoms with Gasteiger partial charge in [-0.05, 0) is 13.8 Å². The van der Waals surface area contributed by atoms with Crippen LogP contribution in [0.4, 0.5) is 0 Å². The van der Waals surface area contributed by atoms with Crippen molar-refractivity contribution < 1.29 is 9.32 Å². The lowest BCUT2D eigenvalue weighted by Gasteiger charge is -2.36. The number of rotatable bonds is 5. The highest BCUT2D eigenvalue weighted by molar-refractivity contribution is 5.77. The number of benzene rings is 1. The molecule has 1 amide bonds. The van der Waals surface area contributed by atoms with E-state index in [1.165, 1.54) is 5.56 Å². The molecule has 2 heterocycles. The number of likely N-dealkylation sites (N-methyl/N-ethyl adjacent to an activating group) is 1. The first-order chi connectivity index (χ1) is 12.1. The minimum atomic E-state index is 0.0566. The molecule has 0 spiro atoms. The van der Waals surface area contributed by atoms with Crippen LogP contribution < -0.4 is 5.32 Å². The molecule has 25 heavy (non-hydrogen) atoms. The summed E-state index contributed by atoms with van der Waals surface area (Å²) in [6, 6.07) is 8.16.